The monoisotopic (exact) mass is 403 g/mol. The van der Waals surface area contributed by atoms with E-state index in [1.807, 2.05) is 73.8 Å². The summed E-state index contributed by atoms with van der Waals surface area (Å²) in [5, 5.41) is 0. The van der Waals surface area contributed by atoms with Crippen molar-refractivity contribution in [3.05, 3.63) is 108 Å². The first-order chi connectivity index (χ1) is 13.9. The molecule has 3 aromatic rings. The third-order valence-corrected chi connectivity index (χ3v) is 7.58. The molecule has 0 bridgehead atoms. The number of nitrogens with zero attached hydrogens (tertiary/aromatic N) is 1. The van der Waals surface area contributed by atoms with Crippen molar-refractivity contribution in [2.24, 2.45) is 0 Å². The lowest BCUT2D eigenvalue weighted by Gasteiger charge is -2.43. The average Bonchev–Trinajstić information content (AvgIpc) is 2.74. The molecule has 3 nitrogen and oxygen atoms in total. The molecule has 148 valence electrons. The normalized spacial score (nSPS) is 20.3. The van der Waals surface area contributed by atoms with Crippen molar-refractivity contribution in [1.29, 1.82) is 0 Å². The van der Waals surface area contributed by atoms with Gasteiger partial charge in [-0.25, -0.2) is 12.7 Å². The summed E-state index contributed by atoms with van der Waals surface area (Å²) < 4.78 is 28.5. The minimum absolute atomic E-state index is 0.142. The van der Waals surface area contributed by atoms with Gasteiger partial charge in [0.15, 0.2) is 0 Å². The summed E-state index contributed by atoms with van der Waals surface area (Å²) in [5.41, 5.74) is 3.88. The molecular formula is C25H25NO2S. The van der Waals surface area contributed by atoms with Crippen molar-refractivity contribution in [1.82, 2.24) is 0 Å². The second-order valence-corrected chi connectivity index (χ2v) is 9.62. The van der Waals surface area contributed by atoms with E-state index < -0.39 is 10.0 Å². The topological polar surface area (TPSA) is 37.4 Å². The summed E-state index contributed by atoms with van der Waals surface area (Å²) in [6.45, 7) is 4.15. The summed E-state index contributed by atoms with van der Waals surface area (Å²) in [4.78, 5) is 0.296. The second-order valence-electron chi connectivity index (χ2n) is 7.80. The lowest BCUT2D eigenvalue weighted by atomic mass is 9.62. The van der Waals surface area contributed by atoms with E-state index in [0.29, 0.717) is 10.6 Å². The molecular weight excluding hydrogens is 378 g/mol. The maximum absolute atomic E-state index is 13.5. The van der Waals surface area contributed by atoms with Crippen LogP contribution in [0.25, 0.3) is 0 Å². The molecule has 1 aliphatic carbocycles. The van der Waals surface area contributed by atoms with Crippen LogP contribution in [0.1, 0.15) is 30.9 Å². The summed E-state index contributed by atoms with van der Waals surface area (Å²) in [7, 11) is -3.72. The molecule has 1 fully saturated rings. The Hall–Kier alpha value is -2.85. The van der Waals surface area contributed by atoms with E-state index in [2.05, 4.69) is 19.1 Å². The third-order valence-electron chi connectivity index (χ3n) is 5.88. The van der Waals surface area contributed by atoms with Gasteiger partial charge in [-0.2, -0.15) is 0 Å². The Morgan fingerprint density at radius 1 is 0.862 bits per heavy atom. The van der Waals surface area contributed by atoms with Crippen LogP contribution in [0.2, 0.25) is 0 Å². The van der Waals surface area contributed by atoms with E-state index in [-0.39, 0.29) is 5.41 Å². The maximum atomic E-state index is 13.5. The smallest absolute Gasteiger partial charge is 0.242 e. The Kier molecular flexibility index (Phi) is 5.05. The van der Waals surface area contributed by atoms with Gasteiger partial charge in [0.1, 0.15) is 0 Å². The predicted molar refractivity (Wildman–Crippen MR) is 118 cm³/mol. The highest BCUT2D eigenvalue weighted by Gasteiger charge is 2.40. The van der Waals surface area contributed by atoms with E-state index in [9.17, 15) is 8.42 Å². The fraction of sp³-hybridized carbons (Fsp3) is 0.200. The summed E-state index contributed by atoms with van der Waals surface area (Å²) in [5.74, 6) is 0. The highest BCUT2D eigenvalue weighted by atomic mass is 32.2. The molecule has 0 N–H and O–H groups in total. The number of aryl methyl sites for hydroxylation is 1. The zero-order valence-corrected chi connectivity index (χ0v) is 17.6. The summed E-state index contributed by atoms with van der Waals surface area (Å²) in [6, 6.07) is 26.6. The van der Waals surface area contributed by atoms with Gasteiger partial charge in [-0.15, -0.1) is 0 Å². The molecule has 0 spiro atoms. The Morgan fingerprint density at radius 2 is 1.45 bits per heavy atom. The maximum Gasteiger partial charge on any atom is 0.268 e. The van der Waals surface area contributed by atoms with Crippen LogP contribution >= 0.6 is 0 Å². The van der Waals surface area contributed by atoms with E-state index in [1.165, 1.54) is 9.87 Å². The van der Waals surface area contributed by atoms with Crippen LogP contribution in [0.3, 0.4) is 0 Å². The van der Waals surface area contributed by atoms with Crippen LogP contribution in [0.15, 0.2) is 102 Å². The Labute approximate surface area is 173 Å². The number of rotatable bonds is 5. The van der Waals surface area contributed by atoms with Gasteiger partial charge in [0.05, 0.1) is 10.6 Å². The number of para-hydroxylation sites is 1. The molecule has 0 aliphatic heterocycles. The molecule has 0 aromatic heterocycles. The third kappa shape index (κ3) is 3.60. The van der Waals surface area contributed by atoms with Crippen molar-refractivity contribution in [2.45, 2.75) is 37.0 Å². The minimum atomic E-state index is -3.72. The highest BCUT2D eigenvalue weighted by Crippen LogP contribution is 2.48. The van der Waals surface area contributed by atoms with Gasteiger partial charge < -0.3 is 0 Å². The van der Waals surface area contributed by atoms with Gasteiger partial charge >= 0.3 is 0 Å². The fourth-order valence-electron chi connectivity index (χ4n) is 3.81. The van der Waals surface area contributed by atoms with Gasteiger partial charge in [0.25, 0.3) is 10.0 Å². The van der Waals surface area contributed by atoms with Crippen molar-refractivity contribution in [3.8, 4) is 0 Å². The molecule has 4 rings (SSSR count). The first-order valence-corrected chi connectivity index (χ1v) is 11.3. The van der Waals surface area contributed by atoms with Gasteiger partial charge in [-0.05, 0) is 55.2 Å². The van der Waals surface area contributed by atoms with E-state index in [4.69, 9.17) is 0 Å². The molecule has 29 heavy (non-hydrogen) atoms. The molecule has 1 aliphatic rings. The van der Waals surface area contributed by atoms with Gasteiger partial charge in [-0.1, -0.05) is 73.2 Å². The van der Waals surface area contributed by atoms with Crippen LogP contribution in [-0.2, 0) is 15.4 Å². The van der Waals surface area contributed by atoms with E-state index in [1.54, 1.807) is 12.1 Å². The van der Waals surface area contributed by atoms with Crippen LogP contribution in [-0.4, -0.2) is 8.42 Å². The van der Waals surface area contributed by atoms with Gasteiger partial charge in [0.2, 0.25) is 0 Å². The molecule has 4 heteroatoms. The Balaban J connectivity index is 1.80. The Bertz CT molecular complexity index is 1120. The molecule has 1 saturated carbocycles. The molecule has 0 radical (unpaired) electrons. The number of anilines is 1. The van der Waals surface area contributed by atoms with Crippen LogP contribution in [0, 0.1) is 6.92 Å². The Morgan fingerprint density at radius 3 is 2.00 bits per heavy atom. The zero-order chi connectivity index (χ0) is 20.5. The molecule has 0 amide bonds. The molecule has 3 aromatic carbocycles. The lowest BCUT2D eigenvalue weighted by molar-refractivity contribution is 0.394. The second kappa shape index (κ2) is 7.53. The molecule has 1 atom stereocenters. The fourth-order valence-corrected chi connectivity index (χ4v) is 5.18. The standard InChI is InChI=1S/C25H25NO2S/c1-20-13-15-24(16-14-20)29(27,28)26(23-11-7-4-8-12-23)19-22-17-18-25(22,2)21-9-5-3-6-10-21/h3-16,19H,17-18H2,1-2H3/b22-19+/t25-/m1/s1. The first-order valence-electron chi connectivity index (χ1n) is 9.84. The summed E-state index contributed by atoms with van der Waals surface area (Å²) >= 11 is 0. The van der Waals surface area contributed by atoms with E-state index >= 15 is 0 Å². The van der Waals surface area contributed by atoms with Crippen LogP contribution in [0.4, 0.5) is 5.69 Å². The minimum Gasteiger partial charge on any atom is -0.242 e. The molecule has 0 heterocycles. The average molecular weight is 404 g/mol. The molecule has 0 unspecified atom stereocenters. The SMILES string of the molecule is Cc1ccc(S(=O)(=O)N(/C=C2\CC[C@]2(C)c2ccccc2)c2ccccc2)cc1. The lowest BCUT2D eigenvalue weighted by Crippen LogP contribution is -2.37. The predicted octanol–water partition coefficient (Wildman–Crippen LogP) is 5.83. The molecule has 0 saturated heterocycles. The quantitative estimate of drug-likeness (QED) is 0.538. The number of hydrogen-bond donors (Lipinski definition) is 0. The van der Waals surface area contributed by atoms with Gasteiger partial charge in [-0.3, -0.25) is 0 Å². The summed E-state index contributed by atoms with van der Waals surface area (Å²) in [6.07, 6.45) is 3.73. The van der Waals surface area contributed by atoms with E-state index in [0.717, 1.165) is 24.0 Å². The van der Waals surface area contributed by atoms with Crippen molar-refractivity contribution >= 4 is 15.7 Å². The number of sulfonamides is 1. The first kappa shape index (κ1) is 19.5. The number of allylic oxidation sites excluding steroid dienone is 1. The van der Waals surface area contributed by atoms with Crippen molar-refractivity contribution in [3.63, 3.8) is 0 Å². The van der Waals surface area contributed by atoms with Crippen molar-refractivity contribution in [2.75, 3.05) is 4.31 Å². The number of hydrogen-bond acceptors (Lipinski definition) is 2. The van der Waals surface area contributed by atoms with Crippen LogP contribution < -0.4 is 4.31 Å². The highest BCUT2D eigenvalue weighted by molar-refractivity contribution is 7.93. The van der Waals surface area contributed by atoms with Gasteiger partial charge in [0, 0.05) is 11.6 Å². The van der Waals surface area contributed by atoms with Crippen molar-refractivity contribution < 1.29 is 8.42 Å². The number of benzene rings is 3. The zero-order valence-electron chi connectivity index (χ0n) is 16.7. The van der Waals surface area contributed by atoms with Crippen LogP contribution in [0.5, 0.6) is 0 Å². The largest absolute Gasteiger partial charge is 0.268 e.